The number of benzene rings is 1. The number of carbonyl (C=O) groups excluding carboxylic acids is 3. The predicted molar refractivity (Wildman–Crippen MR) is 145 cm³/mol. The minimum Gasteiger partial charge on any atom is -0.481 e. The van der Waals surface area contributed by atoms with E-state index in [4.69, 9.17) is 10.8 Å². The Kier molecular flexibility index (Phi) is 11.5. The van der Waals surface area contributed by atoms with Gasteiger partial charge in [0.05, 0.1) is 6.04 Å². The van der Waals surface area contributed by atoms with E-state index in [0.29, 0.717) is 5.56 Å². The smallest absolute Gasteiger partial charge is 0.326 e. The maximum absolute atomic E-state index is 13.2. The van der Waals surface area contributed by atoms with E-state index < -0.39 is 60.2 Å². The van der Waals surface area contributed by atoms with Crippen LogP contribution >= 0.6 is 0 Å². The quantitative estimate of drug-likeness (QED) is 0.172. The van der Waals surface area contributed by atoms with Gasteiger partial charge >= 0.3 is 11.9 Å². The fraction of sp³-hybridized carbons (Fsp3) is 0.519. The van der Waals surface area contributed by atoms with E-state index >= 15 is 0 Å². The van der Waals surface area contributed by atoms with Gasteiger partial charge in [-0.3, -0.25) is 19.2 Å². The Labute approximate surface area is 227 Å². The first-order chi connectivity index (χ1) is 18.3. The van der Waals surface area contributed by atoms with E-state index in [9.17, 15) is 29.1 Å². The first-order valence-corrected chi connectivity index (χ1v) is 13.0. The van der Waals surface area contributed by atoms with Crippen LogP contribution in [0.5, 0.6) is 0 Å². The summed E-state index contributed by atoms with van der Waals surface area (Å²) >= 11 is 0. The molecule has 1 aromatic carbocycles. The van der Waals surface area contributed by atoms with Crippen LogP contribution in [0.3, 0.4) is 0 Å². The van der Waals surface area contributed by atoms with Gasteiger partial charge in [0.15, 0.2) is 0 Å². The average Bonchev–Trinajstić information content (AvgIpc) is 3.27. The SMILES string of the molecule is CC(C)CC(NC(=O)C(CCC(=O)O)NC(=O)C(N)C(C)C)C(=O)NC(Cc1c[nH]c2ccccc12)C(=O)O. The monoisotopic (exact) mass is 545 g/mol. The summed E-state index contributed by atoms with van der Waals surface area (Å²) in [6.07, 6.45) is 1.27. The molecule has 4 atom stereocenters. The summed E-state index contributed by atoms with van der Waals surface area (Å²) in [5.41, 5.74) is 7.41. The number of aromatic amines is 1. The summed E-state index contributed by atoms with van der Waals surface area (Å²) in [7, 11) is 0. The highest BCUT2D eigenvalue weighted by Crippen LogP contribution is 2.19. The zero-order valence-corrected chi connectivity index (χ0v) is 22.7. The molecule has 8 N–H and O–H groups in total. The van der Waals surface area contributed by atoms with Crippen LogP contribution in [0.2, 0.25) is 0 Å². The van der Waals surface area contributed by atoms with Crippen molar-refractivity contribution in [2.45, 2.75) is 77.5 Å². The van der Waals surface area contributed by atoms with Gasteiger partial charge in [-0.15, -0.1) is 0 Å². The molecule has 0 radical (unpaired) electrons. The standard InChI is InChI=1S/C27H39N5O7/c1-14(2)11-20(31-24(35)19(9-10-22(33)34)30-26(37)23(28)15(3)4)25(36)32-21(27(38)39)12-16-13-29-18-8-6-5-7-17(16)18/h5-8,13-15,19-21,23,29H,9-12,28H2,1-4H3,(H,30,37)(H,31,35)(H,32,36)(H,33,34)(H,38,39). The first kappa shape index (κ1) is 31.3. The van der Waals surface area contributed by atoms with E-state index in [1.807, 2.05) is 38.1 Å². The molecule has 0 fully saturated rings. The molecular weight excluding hydrogens is 506 g/mol. The number of nitrogens with one attached hydrogen (secondary N) is 4. The molecule has 4 unspecified atom stereocenters. The Morgan fingerprint density at radius 1 is 0.872 bits per heavy atom. The molecule has 0 aliphatic heterocycles. The van der Waals surface area contributed by atoms with Gasteiger partial charge in [-0.05, 0) is 36.3 Å². The Bertz CT molecular complexity index is 1180. The molecule has 0 saturated heterocycles. The van der Waals surface area contributed by atoms with Crippen LogP contribution in [0, 0.1) is 11.8 Å². The van der Waals surface area contributed by atoms with Crippen molar-refractivity contribution in [3.63, 3.8) is 0 Å². The van der Waals surface area contributed by atoms with Crippen LogP contribution in [-0.4, -0.2) is 69.0 Å². The van der Waals surface area contributed by atoms with Crippen LogP contribution in [0.25, 0.3) is 10.9 Å². The van der Waals surface area contributed by atoms with Crippen molar-refractivity contribution >= 4 is 40.6 Å². The van der Waals surface area contributed by atoms with Crippen molar-refractivity contribution in [1.29, 1.82) is 0 Å². The number of hydrogen-bond donors (Lipinski definition) is 7. The second-order valence-electron chi connectivity index (χ2n) is 10.4. The second-order valence-corrected chi connectivity index (χ2v) is 10.4. The van der Waals surface area contributed by atoms with Gasteiger partial charge in [0.2, 0.25) is 17.7 Å². The van der Waals surface area contributed by atoms with Crippen molar-refractivity contribution in [2.75, 3.05) is 0 Å². The number of H-pyrrole nitrogens is 1. The summed E-state index contributed by atoms with van der Waals surface area (Å²) in [5.74, 6) is -4.76. The molecule has 0 aliphatic rings. The van der Waals surface area contributed by atoms with Crippen LogP contribution in [0.4, 0.5) is 0 Å². The van der Waals surface area contributed by atoms with Gasteiger partial charge in [0.1, 0.15) is 18.1 Å². The number of aliphatic carboxylic acids is 2. The number of carboxylic acid groups (broad SMARTS) is 2. The molecule has 0 spiro atoms. The van der Waals surface area contributed by atoms with Gasteiger partial charge in [-0.1, -0.05) is 45.9 Å². The van der Waals surface area contributed by atoms with Crippen molar-refractivity contribution in [1.82, 2.24) is 20.9 Å². The number of para-hydroxylation sites is 1. The lowest BCUT2D eigenvalue weighted by atomic mass is 10.00. The zero-order valence-electron chi connectivity index (χ0n) is 22.7. The maximum Gasteiger partial charge on any atom is 0.326 e. The molecule has 0 saturated carbocycles. The van der Waals surface area contributed by atoms with Gasteiger partial charge in [0.25, 0.3) is 0 Å². The Hall–Kier alpha value is -3.93. The average molecular weight is 546 g/mol. The second kappa shape index (κ2) is 14.3. The van der Waals surface area contributed by atoms with E-state index in [1.165, 1.54) is 0 Å². The lowest BCUT2D eigenvalue weighted by molar-refractivity contribution is -0.142. The Morgan fingerprint density at radius 2 is 1.46 bits per heavy atom. The third kappa shape index (κ3) is 9.40. The van der Waals surface area contributed by atoms with Gasteiger partial charge in [-0.25, -0.2) is 4.79 Å². The zero-order chi connectivity index (χ0) is 29.3. The molecule has 0 bridgehead atoms. The summed E-state index contributed by atoms with van der Waals surface area (Å²) in [6, 6.07) is 2.83. The number of nitrogens with two attached hydrogens (primary N) is 1. The third-order valence-electron chi connectivity index (χ3n) is 6.35. The summed E-state index contributed by atoms with van der Waals surface area (Å²) in [4.78, 5) is 65.1. The van der Waals surface area contributed by atoms with Crippen LogP contribution in [0.15, 0.2) is 30.5 Å². The minimum atomic E-state index is -1.27. The molecule has 12 nitrogen and oxygen atoms in total. The molecule has 1 aromatic heterocycles. The fourth-order valence-corrected chi connectivity index (χ4v) is 4.08. The molecule has 2 aromatic rings. The molecule has 214 valence electrons. The van der Waals surface area contributed by atoms with Crippen molar-refractivity contribution < 1.29 is 34.2 Å². The number of rotatable bonds is 15. The third-order valence-corrected chi connectivity index (χ3v) is 6.35. The molecular formula is C27H39N5O7. The molecule has 0 aliphatic carbocycles. The van der Waals surface area contributed by atoms with Crippen molar-refractivity contribution in [3.8, 4) is 0 Å². The van der Waals surface area contributed by atoms with E-state index in [1.54, 1.807) is 20.0 Å². The lowest BCUT2D eigenvalue weighted by Gasteiger charge is -2.26. The number of carbonyl (C=O) groups is 5. The highest BCUT2D eigenvalue weighted by Gasteiger charge is 2.31. The highest BCUT2D eigenvalue weighted by molar-refractivity contribution is 5.94. The molecule has 1 heterocycles. The van der Waals surface area contributed by atoms with E-state index in [2.05, 4.69) is 20.9 Å². The summed E-state index contributed by atoms with van der Waals surface area (Å²) < 4.78 is 0. The highest BCUT2D eigenvalue weighted by atomic mass is 16.4. The predicted octanol–water partition coefficient (Wildman–Crippen LogP) is 1.14. The first-order valence-electron chi connectivity index (χ1n) is 13.0. The van der Waals surface area contributed by atoms with Gasteiger partial charge in [-0.2, -0.15) is 0 Å². The maximum atomic E-state index is 13.2. The van der Waals surface area contributed by atoms with Gasteiger partial charge < -0.3 is 36.9 Å². The number of carboxylic acids is 2. The summed E-state index contributed by atoms with van der Waals surface area (Å²) in [5, 5.41) is 27.3. The van der Waals surface area contributed by atoms with Gasteiger partial charge in [0, 0.05) is 29.9 Å². The largest absolute Gasteiger partial charge is 0.481 e. The number of fused-ring (bicyclic) bond motifs is 1. The molecule has 2 rings (SSSR count). The Morgan fingerprint density at radius 3 is 2.05 bits per heavy atom. The summed E-state index contributed by atoms with van der Waals surface area (Å²) in [6.45, 7) is 7.13. The minimum absolute atomic E-state index is 0.0117. The number of aromatic nitrogens is 1. The van der Waals surface area contributed by atoms with Crippen LogP contribution < -0.4 is 21.7 Å². The molecule has 12 heteroatoms. The number of hydrogen-bond acceptors (Lipinski definition) is 6. The Balaban J connectivity index is 2.20. The van der Waals surface area contributed by atoms with E-state index in [0.717, 1.165) is 10.9 Å². The number of amides is 3. The van der Waals surface area contributed by atoms with E-state index in [-0.39, 0.29) is 31.1 Å². The lowest BCUT2D eigenvalue weighted by Crippen LogP contribution is -2.58. The fourth-order valence-electron chi connectivity index (χ4n) is 4.08. The normalized spacial score (nSPS) is 14.4. The van der Waals surface area contributed by atoms with Crippen molar-refractivity contribution in [3.05, 3.63) is 36.0 Å². The van der Waals surface area contributed by atoms with Crippen LogP contribution in [-0.2, 0) is 30.4 Å². The van der Waals surface area contributed by atoms with Crippen LogP contribution in [0.1, 0.15) is 52.5 Å². The van der Waals surface area contributed by atoms with Crippen molar-refractivity contribution in [2.24, 2.45) is 17.6 Å². The molecule has 3 amide bonds. The molecule has 39 heavy (non-hydrogen) atoms. The topological polar surface area (TPSA) is 204 Å².